The van der Waals surface area contributed by atoms with Crippen molar-refractivity contribution in [2.75, 3.05) is 0 Å². The molecular weight excluding hydrogens is 237 g/mol. The van der Waals surface area contributed by atoms with E-state index in [0.29, 0.717) is 6.07 Å². The van der Waals surface area contributed by atoms with Crippen molar-refractivity contribution < 1.29 is 27.9 Å². The fraction of sp³-hybridized carbons (Fsp3) is 0.273. The van der Waals surface area contributed by atoms with E-state index in [0.717, 1.165) is 19.9 Å². The van der Waals surface area contributed by atoms with E-state index in [1.54, 1.807) is 0 Å². The summed E-state index contributed by atoms with van der Waals surface area (Å²) in [5.41, 5.74) is -2.26. The Morgan fingerprint density at radius 3 is 2.12 bits per heavy atom. The van der Waals surface area contributed by atoms with Crippen molar-refractivity contribution in [1.82, 2.24) is 0 Å². The first kappa shape index (κ1) is 13.2. The van der Waals surface area contributed by atoms with E-state index < -0.39 is 34.6 Å². The Morgan fingerprint density at radius 2 is 1.76 bits per heavy atom. The lowest BCUT2D eigenvalue weighted by Gasteiger charge is -2.13. The minimum atomic E-state index is -4.68. The quantitative estimate of drug-likeness (QED) is 0.816. The molecule has 0 aromatic heterocycles. The number of carbonyl (C=O) groups excluding carboxylic acids is 1. The highest BCUT2D eigenvalue weighted by Crippen LogP contribution is 2.34. The number of aromatic carboxylic acids is 1. The third-order valence-corrected chi connectivity index (χ3v) is 2.35. The molecule has 0 atom stereocenters. The van der Waals surface area contributed by atoms with E-state index >= 15 is 0 Å². The first-order chi connectivity index (χ1) is 7.64. The van der Waals surface area contributed by atoms with Gasteiger partial charge >= 0.3 is 12.1 Å². The molecule has 0 amide bonds. The van der Waals surface area contributed by atoms with Crippen LogP contribution in [0.2, 0.25) is 0 Å². The molecule has 0 spiro atoms. The SMILES string of the molecule is CC(=O)c1cc(C(=O)O)c(C)c(C(F)(F)F)c1. The fourth-order valence-corrected chi connectivity index (χ4v) is 1.43. The number of Topliss-reactive ketones (excluding diaryl/α,β-unsaturated/α-hetero) is 1. The van der Waals surface area contributed by atoms with Crippen molar-refractivity contribution in [2.45, 2.75) is 20.0 Å². The summed E-state index contributed by atoms with van der Waals surface area (Å²) in [6.07, 6.45) is -4.68. The van der Waals surface area contributed by atoms with Crippen LogP contribution in [0.4, 0.5) is 13.2 Å². The van der Waals surface area contributed by atoms with Crippen molar-refractivity contribution in [1.29, 1.82) is 0 Å². The summed E-state index contributed by atoms with van der Waals surface area (Å²) in [4.78, 5) is 21.8. The molecule has 0 bridgehead atoms. The van der Waals surface area contributed by atoms with Crippen LogP contribution in [0.25, 0.3) is 0 Å². The highest BCUT2D eigenvalue weighted by molar-refractivity contribution is 5.98. The third kappa shape index (κ3) is 2.64. The molecule has 3 nitrogen and oxygen atoms in total. The van der Waals surface area contributed by atoms with Gasteiger partial charge < -0.3 is 5.11 Å². The van der Waals surface area contributed by atoms with Gasteiger partial charge in [-0.25, -0.2) is 4.79 Å². The molecule has 0 unspecified atom stereocenters. The van der Waals surface area contributed by atoms with Crippen LogP contribution < -0.4 is 0 Å². The third-order valence-electron chi connectivity index (χ3n) is 2.35. The molecule has 1 rings (SSSR count). The normalized spacial score (nSPS) is 11.4. The first-order valence-electron chi connectivity index (χ1n) is 4.60. The standard InChI is InChI=1S/C11H9F3O3/c1-5-8(10(16)17)3-7(6(2)15)4-9(5)11(12,13)14/h3-4H,1-2H3,(H,16,17). The highest BCUT2D eigenvalue weighted by Gasteiger charge is 2.34. The second kappa shape index (κ2) is 4.20. The number of halogens is 3. The van der Waals surface area contributed by atoms with Crippen LogP contribution in [0.5, 0.6) is 0 Å². The van der Waals surface area contributed by atoms with E-state index in [4.69, 9.17) is 5.11 Å². The molecule has 0 aliphatic heterocycles. The highest BCUT2D eigenvalue weighted by atomic mass is 19.4. The lowest BCUT2D eigenvalue weighted by molar-refractivity contribution is -0.138. The molecule has 0 radical (unpaired) electrons. The molecule has 0 aliphatic carbocycles. The number of hydrogen-bond acceptors (Lipinski definition) is 2. The van der Waals surface area contributed by atoms with E-state index in [9.17, 15) is 22.8 Å². The van der Waals surface area contributed by atoms with Crippen molar-refractivity contribution in [3.05, 3.63) is 34.4 Å². The Balaban J connectivity index is 3.60. The van der Waals surface area contributed by atoms with Crippen LogP contribution >= 0.6 is 0 Å². The van der Waals surface area contributed by atoms with Gasteiger partial charge in [-0.1, -0.05) is 0 Å². The van der Waals surface area contributed by atoms with Crippen LogP contribution in [0.1, 0.15) is 38.8 Å². The van der Waals surface area contributed by atoms with E-state index in [1.165, 1.54) is 0 Å². The number of rotatable bonds is 2. The molecule has 0 aliphatic rings. The van der Waals surface area contributed by atoms with Gasteiger partial charge in [-0.2, -0.15) is 13.2 Å². The molecule has 1 N–H and O–H groups in total. The van der Waals surface area contributed by atoms with Crippen molar-refractivity contribution in [3.63, 3.8) is 0 Å². The number of benzene rings is 1. The monoisotopic (exact) mass is 246 g/mol. The molecular formula is C11H9F3O3. The lowest BCUT2D eigenvalue weighted by Crippen LogP contribution is -2.13. The zero-order valence-corrected chi connectivity index (χ0v) is 9.05. The Morgan fingerprint density at radius 1 is 1.24 bits per heavy atom. The predicted molar refractivity (Wildman–Crippen MR) is 53.1 cm³/mol. The van der Waals surface area contributed by atoms with Gasteiger partial charge in [0.05, 0.1) is 11.1 Å². The molecule has 1 aromatic rings. The zero-order valence-electron chi connectivity index (χ0n) is 9.05. The largest absolute Gasteiger partial charge is 0.478 e. The molecule has 92 valence electrons. The summed E-state index contributed by atoms with van der Waals surface area (Å²) in [7, 11) is 0. The Kier molecular flexibility index (Phi) is 3.26. The van der Waals surface area contributed by atoms with Gasteiger partial charge in [0.15, 0.2) is 5.78 Å². The minimum Gasteiger partial charge on any atom is -0.478 e. The van der Waals surface area contributed by atoms with Crippen LogP contribution in [0, 0.1) is 6.92 Å². The second-order valence-corrected chi connectivity index (χ2v) is 3.56. The molecule has 0 fully saturated rings. The van der Waals surface area contributed by atoms with Crippen LogP contribution in [-0.2, 0) is 6.18 Å². The minimum absolute atomic E-state index is 0.264. The molecule has 1 aromatic carbocycles. The summed E-state index contributed by atoms with van der Waals surface area (Å²) in [6.45, 7) is 2.15. The van der Waals surface area contributed by atoms with Crippen LogP contribution in [-0.4, -0.2) is 16.9 Å². The Labute approximate surface area is 94.9 Å². The van der Waals surface area contributed by atoms with Gasteiger partial charge in [-0.05, 0) is 31.5 Å². The number of ketones is 1. The van der Waals surface area contributed by atoms with Crippen LogP contribution in [0.15, 0.2) is 12.1 Å². The predicted octanol–water partition coefficient (Wildman–Crippen LogP) is 2.91. The maximum Gasteiger partial charge on any atom is 0.416 e. The average Bonchev–Trinajstić information content (AvgIpc) is 2.15. The van der Waals surface area contributed by atoms with E-state index in [2.05, 4.69) is 0 Å². The number of carboxylic acid groups (broad SMARTS) is 1. The molecule has 0 saturated heterocycles. The fourth-order valence-electron chi connectivity index (χ4n) is 1.43. The number of carboxylic acids is 1. The van der Waals surface area contributed by atoms with Gasteiger partial charge in [-0.15, -0.1) is 0 Å². The molecule has 17 heavy (non-hydrogen) atoms. The average molecular weight is 246 g/mol. The van der Waals surface area contributed by atoms with Gasteiger partial charge in [0.2, 0.25) is 0 Å². The molecule has 6 heteroatoms. The molecule has 0 heterocycles. The molecule has 0 saturated carbocycles. The topological polar surface area (TPSA) is 54.4 Å². The maximum absolute atomic E-state index is 12.6. The first-order valence-corrected chi connectivity index (χ1v) is 4.60. The Bertz CT molecular complexity index is 489. The van der Waals surface area contributed by atoms with E-state index in [1.807, 2.05) is 0 Å². The van der Waals surface area contributed by atoms with Gasteiger partial charge in [-0.3, -0.25) is 4.79 Å². The summed E-state index contributed by atoms with van der Waals surface area (Å²) >= 11 is 0. The smallest absolute Gasteiger partial charge is 0.416 e. The zero-order chi connectivity index (χ0) is 13.4. The summed E-state index contributed by atoms with van der Waals surface area (Å²) < 4.78 is 37.9. The number of hydrogen-bond donors (Lipinski definition) is 1. The number of alkyl halides is 3. The van der Waals surface area contributed by atoms with Crippen molar-refractivity contribution in [2.24, 2.45) is 0 Å². The maximum atomic E-state index is 12.6. The van der Waals surface area contributed by atoms with Gasteiger partial charge in [0.25, 0.3) is 0 Å². The van der Waals surface area contributed by atoms with Crippen LogP contribution in [0.3, 0.4) is 0 Å². The van der Waals surface area contributed by atoms with Crippen molar-refractivity contribution in [3.8, 4) is 0 Å². The summed E-state index contributed by atoms with van der Waals surface area (Å²) in [6, 6.07) is 1.62. The summed E-state index contributed by atoms with van der Waals surface area (Å²) in [5.74, 6) is -2.10. The van der Waals surface area contributed by atoms with E-state index in [-0.39, 0.29) is 5.56 Å². The number of carbonyl (C=O) groups is 2. The lowest BCUT2D eigenvalue weighted by atomic mass is 9.97. The van der Waals surface area contributed by atoms with Gasteiger partial charge in [0.1, 0.15) is 0 Å². The Hall–Kier alpha value is -1.85. The van der Waals surface area contributed by atoms with Gasteiger partial charge in [0, 0.05) is 5.56 Å². The summed E-state index contributed by atoms with van der Waals surface area (Å²) in [5, 5.41) is 8.78. The second-order valence-electron chi connectivity index (χ2n) is 3.56. The van der Waals surface area contributed by atoms with Crippen molar-refractivity contribution >= 4 is 11.8 Å².